The average Bonchev–Trinajstić information content (AvgIpc) is 3.14. The Hall–Kier alpha value is -2.19. The first-order chi connectivity index (χ1) is 10.6. The van der Waals surface area contributed by atoms with Crippen LogP contribution >= 0.6 is 0 Å². The molecule has 1 aromatic carbocycles. The molecule has 1 aromatic heterocycles. The highest BCUT2D eigenvalue weighted by molar-refractivity contribution is 5.20. The fourth-order valence-electron chi connectivity index (χ4n) is 2.84. The van der Waals surface area contributed by atoms with Gasteiger partial charge in [-0.3, -0.25) is 0 Å². The molecule has 0 spiro atoms. The van der Waals surface area contributed by atoms with E-state index in [-0.39, 0.29) is 6.54 Å². The largest absolute Gasteiger partial charge is 0.385 e. The van der Waals surface area contributed by atoms with E-state index in [4.69, 9.17) is 5.26 Å². The van der Waals surface area contributed by atoms with Gasteiger partial charge in [-0.2, -0.15) is 5.26 Å². The minimum Gasteiger partial charge on any atom is -0.385 e. The Balaban J connectivity index is 1.78. The number of halogens is 1. The molecule has 4 nitrogen and oxygen atoms in total. The maximum absolute atomic E-state index is 14.7. The van der Waals surface area contributed by atoms with E-state index in [0.29, 0.717) is 31.4 Å². The van der Waals surface area contributed by atoms with Crippen LogP contribution in [0.5, 0.6) is 0 Å². The predicted molar refractivity (Wildman–Crippen MR) is 79.7 cm³/mol. The van der Waals surface area contributed by atoms with Crippen LogP contribution in [-0.2, 0) is 13.0 Å². The zero-order valence-electron chi connectivity index (χ0n) is 12.2. The summed E-state index contributed by atoms with van der Waals surface area (Å²) >= 11 is 0. The van der Waals surface area contributed by atoms with Gasteiger partial charge in [0, 0.05) is 0 Å². The lowest BCUT2D eigenvalue weighted by atomic mass is 9.88. The van der Waals surface area contributed by atoms with Crippen LogP contribution in [0, 0.1) is 11.3 Å². The summed E-state index contributed by atoms with van der Waals surface area (Å²) in [4.78, 5) is 3.90. The van der Waals surface area contributed by atoms with Crippen LogP contribution < -0.4 is 0 Å². The van der Waals surface area contributed by atoms with Crippen molar-refractivity contribution in [2.24, 2.45) is 0 Å². The number of benzene rings is 1. The summed E-state index contributed by atoms with van der Waals surface area (Å²) < 4.78 is 16.2. The summed E-state index contributed by atoms with van der Waals surface area (Å²) in [5.74, 6) is 0. The summed E-state index contributed by atoms with van der Waals surface area (Å²) in [6.07, 6.45) is 4.55. The van der Waals surface area contributed by atoms with Crippen LogP contribution in [0.4, 0.5) is 4.39 Å². The van der Waals surface area contributed by atoms with E-state index in [0.717, 1.165) is 5.56 Å². The third-order valence-corrected chi connectivity index (χ3v) is 4.45. The number of aryl methyl sites for hydroxylation is 1. The molecule has 0 radical (unpaired) electrons. The molecular weight excluding hydrogens is 281 g/mol. The zero-order chi connectivity index (χ0) is 15.6. The lowest BCUT2D eigenvalue weighted by Gasteiger charge is -2.32. The highest BCUT2D eigenvalue weighted by Crippen LogP contribution is 2.51. The average molecular weight is 299 g/mol. The van der Waals surface area contributed by atoms with Crippen LogP contribution in [0.1, 0.15) is 30.5 Å². The van der Waals surface area contributed by atoms with Crippen molar-refractivity contribution in [3.8, 4) is 6.07 Å². The molecule has 0 unspecified atom stereocenters. The maximum Gasteiger partial charge on any atom is 0.141 e. The summed E-state index contributed by atoms with van der Waals surface area (Å²) in [5.41, 5.74) is -1.63. The molecule has 114 valence electrons. The van der Waals surface area contributed by atoms with Gasteiger partial charge >= 0.3 is 0 Å². The molecular formula is C17H18FN3O. The molecule has 0 saturated heterocycles. The fourth-order valence-corrected chi connectivity index (χ4v) is 2.84. The van der Waals surface area contributed by atoms with Crippen molar-refractivity contribution in [1.29, 1.82) is 5.26 Å². The monoisotopic (exact) mass is 299 g/mol. The number of aromatic nitrogens is 2. The molecule has 3 rings (SSSR count). The number of nitrogens with zero attached hydrogens (tertiary/aromatic N) is 3. The highest BCUT2D eigenvalue weighted by atomic mass is 19.1. The summed E-state index contributed by atoms with van der Waals surface area (Å²) in [5, 5.41) is 20.0. The minimum absolute atomic E-state index is 0.0548. The van der Waals surface area contributed by atoms with E-state index in [1.54, 1.807) is 0 Å². The normalized spacial score (nSPS) is 18.4. The third kappa shape index (κ3) is 2.75. The van der Waals surface area contributed by atoms with Gasteiger partial charge in [-0.25, -0.2) is 9.37 Å². The zero-order valence-corrected chi connectivity index (χ0v) is 12.2. The molecule has 0 bridgehead atoms. The highest BCUT2D eigenvalue weighted by Gasteiger charge is 2.59. The number of hydrogen-bond acceptors (Lipinski definition) is 3. The molecule has 1 atom stereocenters. The molecule has 1 aliphatic carbocycles. The summed E-state index contributed by atoms with van der Waals surface area (Å²) in [6, 6.07) is 11.7. The van der Waals surface area contributed by atoms with Gasteiger partial charge in [0.05, 0.1) is 19.1 Å². The SMILES string of the molecule is N#Cc1cncn1C[C@@](O)(CCc1ccccc1)C1(F)CC1. The number of nitriles is 1. The van der Waals surface area contributed by atoms with Gasteiger partial charge < -0.3 is 9.67 Å². The van der Waals surface area contributed by atoms with Crippen molar-refractivity contribution < 1.29 is 9.50 Å². The first kappa shape index (κ1) is 14.7. The van der Waals surface area contributed by atoms with Gasteiger partial charge in [-0.1, -0.05) is 30.3 Å². The topological polar surface area (TPSA) is 61.8 Å². The molecule has 0 amide bonds. The number of imidazole rings is 1. The summed E-state index contributed by atoms with van der Waals surface area (Å²) in [6.45, 7) is 0.0548. The standard InChI is InChI=1S/C17H18FN3O/c18-16(8-9-16)17(22,7-6-14-4-2-1-3-5-14)12-21-13-20-11-15(21)10-19/h1-5,11,13,22H,6-9,12H2/t17-/m0/s1. The van der Waals surface area contributed by atoms with Crippen molar-refractivity contribution in [3.05, 3.63) is 54.1 Å². The van der Waals surface area contributed by atoms with Crippen LogP contribution in [0.3, 0.4) is 0 Å². The Morgan fingerprint density at radius 2 is 2.09 bits per heavy atom. The number of alkyl halides is 1. The smallest absolute Gasteiger partial charge is 0.141 e. The molecule has 1 heterocycles. The molecule has 1 N–H and O–H groups in total. The first-order valence-corrected chi connectivity index (χ1v) is 7.42. The van der Waals surface area contributed by atoms with Crippen molar-refractivity contribution in [2.75, 3.05) is 0 Å². The molecule has 0 aliphatic heterocycles. The molecule has 5 heteroatoms. The van der Waals surface area contributed by atoms with Crippen LogP contribution in [0.15, 0.2) is 42.9 Å². The van der Waals surface area contributed by atoms with E-state index in [2.05, 4.69) is 4.98 Å². The number of rotatable bonds is 6. The second-order valence-electron chi connectivity index (χ2n) is 6.00. The van der Waals surface area contributed by atoms with Crippen molar-refractivity contribution in [1.82, 2.24) is 9.55 Å². The van der Waals surface area contributed by atoms with E-state index in [1.165, 1.54) is 17.1 Å². The van der Waals surface area contributed by atoms with Crippen LogP contribution in [0.2, 0.25) is 0 Å². The Kier molecular flexibility index (Phi) is 3.71. The Morgan fingerprint density at radius 1 is 1.36 bits per heavy atom. The minimum atomic E-state index is -1.56. The van der Waals surface area contributed by atoms with Gasteiger partial charge in [-0.15, -0.1) is 0 Å². The quantitative estimate of drug-likeness (QED) is 0.892. The van der Waals surface area contributed by atoms with Gasteiger partial charge in [0.15, 0.2) is 0 Å². The molecule has 1 saturated carbocycles. The van der Waals surface area contributed by atoms with Crippen LogP contribution in [0.25, 0.3) is 0 Å². The first-order valence-electron chi connectivity index (χ1n) is 7.42. The molecule has 1 fully saturated rings. The molecule has 22 heavy (non-hydrogen) atoms. The summed E-state index contributed by atoms with van der Waals surface area (Å²) in [7, 11) is 0. The van der Waals surface area contributed by atoms with Crippen LogP contribution in [-0.4, -0.2) is 25.9 Å². The van der Waals surface area contributed by atoms with Gasteiger partial charge in [0.1, 0.15) is 23.0 Å². The van der Waals surface area contributed by atoms with Gasteiger partial charge in [-0.05, 0) is 31.2 Å². The van der Waals surface area contributed by atoms with Crippen molar-refractivity contribution in [2.45, 2.75) is 43.5 Å². The Labute approximate surface area is 128 Å². The second kappa shape index (κ2) is 5.54. The second-order valence-corrected chi connectivity index (χ2v) is 6.00. The van der Waals surface area contributed by atoms with Gasteiger partial charge in [0.25, 0.3) is 0 Å². The van der Waals surface area contributed by atoms with E-state index < -0.39 is 11.3 Å². The lowest BCUT2D eigenvalue weighted by molar-refractivity contribution is -0.0694. The Morgan fingerprint density at radius 3 is 2.73 bits per heavy atom. The van der Waals surface area contributed by atoms with Crippen molar-refractivity contribution in [3.63, 3.8) is 0 Å². The predicted octanol–water partition coefficient (Wildman–Crippen LogP) is 2.62. The van der Waals surface area contributed by atoms with Gasteiger partial charge in [0.2, 0.25) is 0 Å². The van der Waals surface area contributed by atoms with E-state index in [1.807, 2.05) is 36.4 Å². The maximum atomic E-state index is 14.7. The number of hydrogen-bond donors (Lipinski definition) is 1. The van der Waals surface area contributed by atoms with E-state index >= 15 is 0 Å². The molecule has 2 aromatic rings. The number of aliphatic hydroxyl groups is 1. The molecule has 1 aliphatic rings. The van der Waals surface area contributed by atoms with E-state index in [9.17, 15) is 9.50 Å². The third-order valence-electron chi connectivity index (χ3n) is 4.45. The Bertz CT molecular complexity index is 687. The van der Waals surface area contributed by atoms with Crippen molar-refractivity contribution >= 4 is 0 Å². The lowest BCUT2D eigenvalue weighted by Crippen LogP contribution is -2.46. The fraction of sp³-hybridized carbons (Fsp3) is 0.412.